The minimum absolute atomic E-state index is 0.0122. The fourth-order valence-corrected chi connectivity index (χ4v) is 5.50. The monoisotopic (exact) mass is 476 g/mol. The molecule has 178 valence electrons. The smallest absolute Gasteiger partial charge is 0.360 e. The SMILES string of the molecule is CC=CCOP(=O)(OCC=CC)C1=C(C)NC(C)=C(C(=O)OC)C1c1cccc([N+](=O)[O-])c1. The Kier molecular flexibility index (Phi) is 9.34. The first kappa shape index (κ1) is 26.3. The zero-order valence-corrected chi connectivity index (χ0v) is 20.3. The van der Waals surface area contributed by atoms with E-state index in [0.717, 1.165) is 0 Å². The molecular formula is C23H29N2O7P. The minimum atomic E-state index is -3.98. The number of carbonyl (C=O) groups is 1. The summed E-state index contributed by atoms with van der Waals surface area (Å²) in [7, 11) is -2.74. The van der Waals surface area contributed by atoms with Crippen molar-refractivity contribution in [3.05, 3.63) is 86.5 Å². The van der Waals surface area contributed by atoms with Crippen LogP contribution in [-0.2, 0) is 23.1 Å². The number of non-ortho nitro benzene ring substituents is 1. The molecule has 1 aromatic rings. The van der Waals surface area contributed by atoms with Crippen molar-refractivity contribution in [2.75, 3.05) is 20.3 Å². The van der Waals surface area contributed by atoms with Crippen LogP contribution in [0.5, 0.6) is 0 Å². The Morgan fingerprint density at radius 1 is 1.15 bits per heavy atom. The molecule has 1 aliphatic rings. The lowest BCUT2D eigenvalue weighted by atomic mass is 9.86. The Morgan fingerprint density at radius 3 is 2.27 bits per heavy atom. The van der Waals surface area contributed by atoms with E-state index in [4.69, 9.17) is 13.8 Å². The molecule has 10 heteroatoms. The lowest BCUT2D eigenvalue weighted by molar-refractivity contribution is -0.384. The van der Waals surface area contributed by atoms with Crippen LogP contribution >= 0.6 is 7.60 Å². The van der Waals surface area contributed by atoms with Crippen molar-refractivity contribution in [3.8, 4) is 0 Å². The molecule has 0 aromatic heterocycles. The van der Waals surface area contributed by atoms with Crippen LogP contribution in [0, 0.1) is 10.1 Å². The van der Waals surface area contributed by atoms with Gasteiger partial charge in [-0.1, -0.05) is 36.4 Å². The molecule has 0 saturated carbocycles. The van der Waals surface area contributed by atoms with E-state index >= 15 is 0 Å². The van der Waals surface area contributed by atoms with Gasteiger partial charge in [0.15, 0.2) is 0 Å². The van der Waals surface area contributed by atoms with E-state index in [-0.39, 0.29) is 29.8 Å². The normalized spacial score (nSPS) is 18.5. The molecule has 1 aromatic carbocycles. The predicted octanol–water partition coefficient (Wildman–Crippen LogP) is 5.34. The molecule has 9 nitrogen and oxygen atoms in total. The van der Waals surface area contributed by atoms with E-state index in [0.29, 0.717) is 17.0 Å². The van der Waals surface area contributed by atoms with Gasteiger partial charge in [-0.15, -0.1) is 0 Å². The third-order valence-corrected chi connectivity index (χ3v) is 7.15. The van der Waals surface area contributed by atoms with Crippen molar-refractivity contribution >= 4 is 19.3 Å². The summed E-state index contributed by atoms with van der Waals surface area (Å²) in [6, 6.07) is 5.84. The van der Waals surface area contributed by atoms with Crippen LogP contribution in [0.15, 0.2) is 70.9 Å². The number of rotatable bonds is 10. The molecule has 1 unspecified atom stereocenters. The van der Waals surface area contributed by atoms with Crippen molar-refractivity contribution in [3.63, 3.8) is 0 Å². The van der Waals surface area contributed by atoms with Gasteiger partial charge >= 0.3 is 13.6 Å². The van der Waals surface area contributed by atoms with Gasteiger partial charge < -0.3 is 19.1 Å². The van der Waals surface area contributed by atoms with Crippen LogP contribution in [0.4, 0.5) is 5.69 Å². The zero-order chi connectivity index (χ0) is 24.6. The second-order valence-corrected chi connectivity index (χ2v) is 9.17. The van der Waals surface area contributed by atoms with Gasteiger partial charge in [-0.2, -0.15) is 0 Å². The molecule has 0 fully saturated rings. The van der Waals surface area contributed by atoms with E-state index < -0.39 is 24.4 Å². The molecule has 1 aliphatic heterocycles. The van der Waals surface area contributed by atoms with Gasteiger partial charge in [-0.25, -0.2) is 4.79 Å². The predicted molar refractivity (Wildman–Crippen MR) is 126 cm³/mol. The Morgan fingerprint density at radius 2 is 1.76 bits per heavy atom. The lowest BCUT2D eigenvalue weighted by Crippen LogP contribution is -2.29. The Hall–Kier alpha value is -3.00. The van der Waals surface area contributed by atoms with Gasteiger partial charge in [0, 0.05) is 23.5 Å². The van der Waals surface area contributed by atoms with Crippen molar-refractivity contribution in [1.82, 2.24) is 5.32 Å². The summed E-state index contributed by atoms with van der Waals surface area (Å²) >= 11 is 0. The van der Waals surface area contributed by atoms with Crippen LogP contribution in [0.3, 0.4) is 0 Å². The summed E-state index contributed by atoms with van der Waals surface area (Å²) in [5, 5.41) is 14.7. The third-order valence-electron chi connectivity index (χ3n) is 4.99. The van der Waals surface area contributed by atoms with E-state index in [2.05, 4.69) is 5.32 Å². The number of nitro groups is 1. The number of nitro benzene ring substituents is 1. The van der Waals surface area contributed by atoms with E-state index in [1.165, 1.54) is 25.3 Å². The van der Waals surface area contributed by atoms with Crippen molar-refractivity contribution in [2.45, 2.75) is 33.6 Å². The number of nitrogens with zero attached hydrogens (tertiary/aromatic N) is 1. The van der Waals surface area contributed by atoms with Gasteiger partial charge in [0.05, 0.1) is 42.1 Å². The molecule has 1 heterocycles. The van der Waals surface area contributed by atoms with Crippen LogP contribution in [0.25, 0.3) is 0 Å². The maximum Gasteiger partial charge on any atom is 0.360 e. The summed E-state index contributed by atoms with van der Waals surface area (Å²) < 4.78 is 30.7. The van der Waals surface area contributed by atoms with Crippen LogP contribution in [0.2, 0.25) is 0 Å². The summed E-state index contributed by atoms with van der Waals surface area (Å²) in [4.78, 5) is 23.7. The first-order chi connectivity index (χ1) is 15.7. The van der Waals surface area contributed by atoms with Gasteiger partial charge in [0.1, 0.15) is 0 Å². The van der Waals surface area contributed by atoms with Crippen LogP contribution in [0.1, 0.15) is 39.2 Å². The molecule has 33 heavy (non-hydrogen) atoms. The largest absolute Gasteiger partial charge is 0.466 e. The molecule has 1 atom stereocenters. The number of esters is 1. The number of hydrogen-bond acceptors (Lipinski definition) is 8. The second kappa shape index (κ2) is 11.7. The maximum absolute atomic E-state index is 14.2. The lowest BCUT2D eigenvalue weighted by Gasteiger charge is -2.34. The highest BCUT2D eigenvalue weighted by molar-refractivity contribution is 7.58. The summed E-state index contributed by atoms with van der Waals surface area (Å²) in [6.07, 6.45) is 6.86. The number of ether oxygens (including phenoxy) is 1. The van der Waals surface area contributed by atoms with Crippen molar-refractivity contribution in [2.24, 2.45) is 0 Å². The van der Waals surface area contributed by atoms with Crippen molar-refractivity contribution in [1.29, 1.82) is 0 Å². The first-order valence-electron chi connectivity index (χ1n) is 10.3. The van der Waals surface area contributed by atoms with Gasteiger partial charge in [-0.05, 0) is 33.3 Å². The Balaban J connectivity index is 2.77. The minimum Gasteiger partial charge on any atom is -0.466 e. The van der Waals surface area contributed by atoms with Crippen LogP contribution < -0.4 is 5.32 Å². The van der Waals surface area contributed by atoms with Crippen LogP contribution in [-0.4, -0.2) is 31.2 Å². The fourth-order valence-electron chi connectivity index (χ4n) is 3.52. The maximum atomic E-state index is 14.2. The quantitative estimate of drug-likeness (QED) is 0.158. The fraction of sp³-hybridized carbons (Fsp3) is 0.348. The Labute approximate surface area is 193 Å². The number of allylic oxidation sites excluding steroid dienone is 5. The molecular weight excluding hydrogens is 447 g/mol. The topological polar surface area (TPSA) is 117 Å². The first-order valence-corrected chi connectivity index (χ1v) is 11.9. The van der Waals surface area contributed by atoms with Gasteiger partial charge in [0.2, 0.25) is 0 Å². The number of nitrogens with one attached hydrogen (secondary N) is 1. The Bertz CT molecular complexity index is 1050. The molecule has 0 spiro atoms. The summed E-state index contributed by atoms with van der Waals surface area (Å²) in [5.41, 5.74) is 1.35. The number of methoxy groups -OCH3 is 1. The molecule has 0 saturated heterocycles. The highest BCUT2D eigenvalue weighted by Gasteiger charge is 2.44. The number of carbonyl (C=O) groups excluding carboxylic acids is 1. The van der Waals surface area contributed by atoms with Crippen molar-refractivity contribution < 1.29 is 28.1 Å². The highest BCUT2D eigenvalue weighted by atomic mass is 31.2. The van der Waals surface area contributed by atoms with E-state index in [1.807, 2.05) is 0 Å². The summed E-state index contributed by atoms with van der Waals surface area (Å²) in [5.74, 6) is -1.60. The zero-order valence-electron chi connectivity index (χ0n) is 19.4. The highest BCUT2D eigenvalue weighted by Crippen LogP contribution is 2.64. The van der Waals surface area contributed by atoms with E-state index in [1.54, 1.807) is 58.1 Å². The number of benzene rings is 1. The average Bonchev–Trinajstić information content (AvgIpc) is 2.78. The molecule has 1 N–H and O–H groups in total. The summed E-state index contributed by atoms with van der Waals surface area (Å²) in [6.45, 7) is 7.01. The van der Waals surface area contributed by atoms with Gasteiger partial charge in [0.25, 0.3) is 5.69 Å². The molecule has 2 rings (SSSR count). The molecule has 0 aliphatic carbocycles. The molecule has 0 bridgehead atoms. The average molecular weight is 476 g/mol. The number of hydrogen-bond donors (Lipinski definition) is 1. The molecule has 0 amide bonds. The number of dihydropyridines is 1. The van der Waals surface area contributed by atoms with Gasteiger partial charge in [-0.3, -0.25) is 14.7 Å². The third kappa shape index (κ3) is 6.07. The molecule has 0 radical (unpaired) electrons. The standard InChI is InChI=1S/C23H29N2O7P/c1-6-8-13-31-33(29,32-14-9-7-2)22-17(4)24-16(3)20(23(26)30-5)21(22)18-11-10-12-19(15-18)25(27)28/h6-12,15,21,24H,13-14H2,1-5H3. The van der Waals surface area contributed by atoms with E-state index in [9.17, 15) is 19.5 Å². The second-order valence-electron chi connectivity index (χ2n) is 7.18.